The van der Waals surface area contributed by atoms with E-state index in [1.807, 2.05) is 62.3 Å². The molecule has 0 aliphatic heterocycles. The van der Waals surface area contributed by atoms with E-state index in [0.29, 0.717) is 68.9 Å². The van der Waals surface area contributed by atoms with Crippen molar-refractivity contribution in [3.63, 3.8) is 0 Å². The Morgan fingerprint density at radius 2 is 0.569 bits per heavy atom. The van der Waals surface area contributed by atoms with Crippen molar-refractivity contribution in [2.24, 2.45) is 0 Å². The third-order valence-electron chi connectivity index (χ3n) is 8.21. The molecular weight excluding hydrogens is 636 g/mol. The minimum atomic E-state index is -0.437. The maximum atomic E-state index is 11.8. The summed E-state index contributed by atoms with van der Waals surface area (Å²) in [5, 5.41) is 32.0. The van der Waals surface area contributed by atoms with Crippen LogP contribution in [0.5, 0.6) is 17.2 Å². The molecule has 0 fully saturated rings. The van der Waals surface area contributed by atoms with Crippen molar-refractivity contribution in [2.45, 2.75) is 78.6 Å². The van der Waals surface area contributed by atoms with Gasteiger partial charge in [0.25, 0.3) is 0 Å². The van der Waals surface area contributed by atoms with Gasteiger partial charge in [0.05, 0.1) is 16.7 Å². The minimum Gasteiger partial charge on any atom is -0.507 e. The summed E-state index contributed by atoms with van der Waals surface area (Å²) in [6, 6.07) is 15.3. The van der Waals surface area contributed by atoms with Crippen molar-refractivity contribution >= 4 is 18.9 Å². The molecular formula is C45H42O6. The monoisotopic (exact) mass is 678 g/mol. The molecule has 0 spiro atoms. The number of carbonyl (C=O) groups is 3. The van der Waals surface area contributed by atoms with Gasteiger partial charge in [-0.25, -0.2) is 0 Å². The number of rotatable bonds is 3. The number of phenols is 3. The van der Waals surface area contributed by atoms with E-state index in [1.165, 1.54) is 0 Å². The van der Waals surface area contributed by atoms with Crippen molar-refractivity contribution < 1.29 is 29.7 Å². The average molecular weight is 679 g/mol. The maximum absolute atomic E-state index is 11.8. The predicted molar refractivity (Wildman–Crippen MR) is 201 cm³/mol. The lowest BCUT2D eigenvalue weighted by atomic mass is 9.84. The Bertz CT molecular complexity index is 1980. The van der Waals surface area contributed by atoms with E-state index in [4.69, 9.17) is 0 Å². The maximum Gasteiger partial charge on any atom is 0.153 e. The molecule has 0 saturated heterocycles. The Balaban J connectivity index is 1.91. The summed E-state index contributed by atoms with van der Waals surface area (Å²) in [6.45, 7) is 17.4. The highest BCUT2D eigenvalue weighted by molar-refractivity contribution is 5.83. The first-order valence-electron chi connectivity index (χ1n) is 16.4. The van der Waals surface area contributed by atoms with Crippen molar-refractivity contribution in [2.75, 3.05) is 0 Å². The molecule has 4 aromatic rings. The molecule has 3 N–H and O–H groups in total. The molecule has 51 heavy (non-hydrogen) atoms. The molecule has 0 saturated carbocycles. The second-order valence-corrected chi connectivity index (χ2v) is 15.5. The fourth-order valence-corrected chi connectivity index (χ4v) is 5.45. The van der Waals surface area contributed by atoms with Gasteiger partial charge in [-0.2, -0.15) is 0 Å². The van der Waals surface area contributed by atoms with Crippen LogP contribution in [0.3, 0.4) is 0 Å². The molecule has 4 rings (SSSR count). The molecule has 4 aromatic carbocycles. The molecule has 0 bridgehead atoms. The number of phenolic OH excluding ortho intramolecular Hbond substituents is 3. The Morgan fingerprint density at radius 1 is 0.373 bits per heavy atom. The van der Waals surface area contributed by atoms with E-state index in [-0.39, 0.29) is 33.9 Å². The summed E-state index contributed by atoms with van der Waals surface area (Å²) in [5.74, 6) is 18.6. The van der Waals surface area contributed by atoms with Gasteiger partial charge < -0.3 is 15.3 Å². The Labute approximate surface area is 300 Å². The van der Waals surface area contributed by atoms with E-state index in [2.05, 4.69) is 35.5 Å². The van der Waals surface area contributed by atoms with E-state index < -0.39 is 16.2 Å². The second kappa shape index (κ2) is 14.4. The topological polar surface area (TPSA) is 112 Å². The number of carbonyl (C=O) groups excluding carboxylic acids is 3. The molecule has 0 unspecified atom stereocenters. The average Bonchev–Trinajstić information content (AvgIpc) is 3.05. The lowest BCUT2D eigenvalue weighted by molar-refractivity contribution is 0.111. The fourth-order valence-electron chi connectivity index (χ4n) is 5.45. The van der Waals surface area contributed by atoms with Gasteiger partial charge in [0.2, 0.25) is 0 Å². The summed E-state index contributed by atoms with van der Waals surface area (Å²) < 4.78 is 0. The van der Waals surface area contributed by atoms with Gasteiger partial charge in [-0.15, -0.1) is 0 Å². The smallest absolute Gasteiger partial charge is 0.153 e. The molecule has 0 atom stereocenters. The number of hydrogen-bond donors (Lipinski definition) is 3. The first-order valence-corrected chi connectivity index (χ1v) is 16.4. The van der Waals surface area contributed by atoms with Crippen LogP contribution in [0.15, 0.2) is 54.6 Å². The molecule has 0 aliphatic carbocycles. The largest absolute Gasteiger partial charge is 0.507 e. The summed E-state index contributed by atoms with van der Waals surface area (Å²) in [4.78, 5) is 35.3. The van der Waals surface area contributed by atoms with Crippen LogP contribution in [0.1, 0.15) is 143 Å². The van der Waals surface area contributed by atoms with E-state index in [1.54, 1.807) is 54.6 Å². The molecule has 258 valence electrons. The standard InChI is InChI=1S/C45H42O6/c1-43(2,3)37-22-31(19-34(25-46)40(37)49)13-10-28-16-29(11-14-32-20-35(26-47)41(50)38(23-32)44(4,5)6)18-30(17-28)12-15-33-21-36(27-48)42(51)39(24-33)45(7,8)9/h16-27,49-51H,1-9H3. The summed E-state index contributed by atoms with van der Waals surface area (Å²) in [5.41, 5.74) is 4.29. The highest BCUT2D eigenvalue weighted by atomic mass is 16.3. The number of benzene rings is 4. The van der Waals surface area contributed by atoms with Crippen molar-refractivity contribution in [3.05, 3.63) is 121 Å². The first kappa shape index (κ1) is 37.8. The lowest BCUT2D eigenvalue weighted by Crippen LogP contribution is -2.12. The molecule has 0 radical (unpaired) electrons. The second-order valence-electron chi connectivity index (χ2n) is 15.5. The first-order chi connectivity index (χ1) is 23.7. The van der Waals surface area contributed by atoms with Gasteiger partial charge in [-0.3, -0.25) is 14.4 Å². The van der Waals surface area contributed by atoms with Gasteiger partial charge in [-0.1, -0.05) is 97.8 Å². The van der Waals surface area contributed by atoms with Crippen LogP contribution in [-0.4, -0.2) is 34.2 Å². The van der Waals surface area contributed by atoms with Crippen molar-refractivity contribution in [1.29, 1.82) is 0 Å². The predicted octanol–water partition coefficient (Wildman–Crippen LogP) is 8.33. The van der Waals surface area contributed by atoms with Crippen LogP contribution in [0.4, 0.5) is 0 Å². The molecule has 0 aliphatic rings. The lowest BCUT2D eigenvalue weighted by Gasteiger charge is -2.21. The van der Waals surface area contributed by atoms with Crippen molar-refractivity contribution in [3.8, 4) is 52.8 Å². The van der Waals surface area contributed by atoms with Gasteiger partial charge in [-0.05, 0) is 70.8 Å². The summed E-state index contributed by atoms with van der Waals surface area (Å²) in [7, 11) is 0. The van der Waals surface area contributed by atoms with Crippen LogP contribution in [0, 0.1) is 35.5 Å². The third kappa shape index (κ3) is 8.96. The highest BCUT2D eigenvalue weighted by Gasteiger charge is 2.23. The van der Waals surface area contributed by atoms with E-state index >= 15 is 0 Å². The minimum absolute atomic E-state index is 0.0685. The van der Waals surface area contributed by atoms with Crippen LogP contribution in [0.2, 0.25) is 0 Å². The van der Waals surface area contributed by atoms with Crippen LogP contribution < -0.4 is 0 Å². The van der Waals surface area contributed by atoms with Crippen molar-refractivity contribution in [1.82, 2.24) is 0 Å². The zero-order valence-electron chi connectivity index (χ0n) is 30.5. The highest BCUT2D eigenvalue weighted by Crippen LogP contribution is 2.36. The van der Waals surface area contributed by atoms with Gasteiger partial charge in [0.15, 0.2) is 18.9 Å². The third-order valence-corrected chi connectivity index (χ3v) is 8.21. The fraction of sp³-hybridized carbons (Fsp3) is 0.267. The molecule has 0 aromatic heterocycles. The van der Waals surface area contributed by atoms with Crippen LogP contribution in [0.25, 0.3) is 0 Å². The molecule has 0 amide bonds. The summed E-state index contributed by atoms with van der Waals surface area (Å²) >= 11 is 0. The molecule has 6 heteroatoms. The van der Waals surface area contributed by atoms with E-state index in [9.17, 15) is 29.7 Å². The van der Waals surface area contributed by atoms with Gasteiger partial charge in [0, 0.05) is 50.1 Å². The number of hydrogen-bond acceptors (Lipinski definition) is 6. The number of aldehydes is 3. The van der Waals surface area contributed by atoms with Gasteiger partial charge >= 0.3 is 0 Å². The molecule has 6 nitrogen and oxygen atoms in total. The van der Waals surface area contributed by atoms with Crippen LogP contribution >= 0.6 is 0 Å². The Hall–Kier alpha value is -6.03. The molecule has 0 heterocycles. The normalized spacial score (nSPS) is 11.2. The van der Waals surface area contributed by atoms with E-state index in [0.717, 1.165) is 0 Å². The van der Waals surface area contributed by atoms with Gasteiger partial charge in [0.1, 0.15) is 17.2 Å². The Morgan fingerprint density at radius 3 is 0.745 bits per heavy atom. The number of aromatic hydroxyl groups is 3. The summed E-state index contributed by atoms with van der Waals surface area (Å²) in [6.07, 6.45) is 1.82. The quantitative estimate of drug-likeness (QED) is 0.148. The zero-order chi connectivity index (χ0) is 37.9. The Kier molecular flexibility index (Phi) is 10.7. The zero-order valence-corrected chi connectivity index (χ0v) is 30.5. The SMILES string of the molecule is CC(C)(C)c1cc(C#Cc2cc(C#Cc3cc(C=O)c(O)c(C(C)(C)C)c3)cc(C#Cc3cc(C=O)c(O)c(C(C)(C)C)c3)c2)cc(C=O)c1O. The van der Waals surface area contributed by atoms with Crippen LogP contribution in [-0.2, 0) is 16.2 Å².